The number of nitrogens with one attached hydrogen (secondary N) is 1. The average molecular weight is 641 g/mol. The van der Waals surface area contributed by atoms with Crippen molar-refractivity contribution in [3.05, 3.63) is 194 Å². The molecule has 238 valence electrons. The highest BCUT2D eigenvalue weighted by Crippen LogP contribution is 2.48. The number of para-hydroxylation sites is 2. The number of anilines is 2. The molecule has 8 aromatic rings. The molecule has 0 aromatic heterocycles. The minimum Gasteiger partial charge on any atom is -0.359 e. The third-order valence-corrected chi connectivity index (χ3v) is 10.1. The molecule has 0 spiro atoms. The van der Waals surface area contributed by atoms with Crippen molar-refractivity contribution < 1.29 is 0 Å². The van der Waals surface area contributed by atoms with Gasteiger partial charge in [0.05, 0.1) is 11.4 Å². The van der Waals surface area contributed by atoms with Crippen molar-refractivity contribution in [1.82, 2.24) is 0 Å². The van der Waals surface area contributed by atoms with Crippen molar-refractivity contribution in [2.24, 2.45) is 0 Å². The Kier molecular flexibility index (Phi) is 7.29. The highest BCUT2D eigenvalue weighted by Gasteiger charge is 2.32. The number of rotatable bonds is 6. The minimum atomic E-state index is -0.119. The summed E-state index contributed by atoms with van der Waals surface area (Å²) in [5.74, 6) is 0. The summed E-state index contributed by atoms with van der Waals surface area (Å²) in [5.41, 5.74) is 9.42. The Morgan fingerprint density at radius 2 is 1.14 bits per heavy atom. The molecule has 1 aliphatic heterocycles. The van der Waals surface area contributed by atoms with Gasteiger partial charge in [-0.15, -0.1) is 0 Å². The molecule has 1 atom stereocenters. The molecule has 0 aliphatic carbocycles. The van der Waals surface area contributed by atoms with E-state index in [2.05, 4.69) is 187 Å². The van der Waals surface area contributed by atoms with E-state index in [9.17, 15) is 0 Å². The monoisotopic (exact) mass is 640 g/mol. The quantitative estimate of drug-likeness (QED) is 0.144. The molecule has 0 bridgehead atoms. The van der Waals surface area contributed by atoms with E-state index in [1.807, 2.05) is 13.0 Å². The van der Waals surface area contributed by atoms with Crippen LogP contribution in [0, 0.1) is 0 Å². The molecule has 0 saturated heterocycles. The summed E-state index contributed by atoms with van der Waals surface area (Å²) in [6, 6.07) is 55.6. The van der Waals surface area contributed by atoms with Crippen molar-refractivity contribution in [1.29, 1.82) is 0 Å². The van der Waals surface area contributed by atoms with Gasteiger partial charge in [0.1, 0.15) is 6.17 Å². The maximum absolute atomic E-state index is 4.22. The lowest BCUT2D eigenvalue weighted by atomic mass is 9.84. The van der Waals surface area contributed by atoms with Gasteiger partial charge in [-0.05, 0) is 120 Å². The molecule has 0 radical (unpaired) electrons. The van der Waals surface area contributed by atoms with Crippen LogP contribution in [-0.2, 0) is 0 Å². The number of allylic oxidation sites excluding steroid dienone is 4. The van der Waals surface area contributed by atoms with Crippen LogP contribution in [0.25, 0.3) is 65.3 Å². The Bertz CT molecular complexity index is 2680. The van der Waals surface area contributed by atoms with Crippen molar-refractivity contribution in [3.8, 4) is 22.3 Å². The summed E-state index contributed by atoms with van der Waals surface area (Å²) in [6.07, 6.45) is 8.10. The summed E-state index contributed by atoms with van der Waals surface area (Å²) in [4.78, 5) is 2.37. The fourth-order valence-electron chi connectivity index (χ4n) is 7.80. The van der Waals surface area contributed by atoms with E-state index < -0.39 is 0 Å². The number of nitrogens with zero attached hydrogens (tertiary/aromatic N) is 1. The SMILES string of the molecule is C=C/C(=C\C=C/C)N1c2ccccc2NC1c1ccc2c(-c3ccc4ccccc4c3)c3ccccc3c(-c3ccc4ccccc4c3)c2c1. The molecule has 9 rings (SSSR count). The smallest absolute Gasteiger partial charge is 0.130 e. The largest absolute Gasteiger partial charge is 0.359 e. The van der Waals surface area contributed by atoms with Gasteiger partial charge < -0.3 is 10.2 Å². The average Bonchev–Trinajstić information content (AvgIpc) is 3.56. The molecule has 1 unspecified atom stereocenters. The molecule has 1 N–H and O–H groups in total. The molecule has 0 saturated carbocycles. The number of hydrogen-bond acceptors (Lipinski definition) is 2. The van der Waals surface area contributed by atoms with E-state index in [0.29, 0.717) is 0 Å². The van der Waals surface area contributed by atoms with Crippen LogP contribution in [0.4, 0.5) is 11.4 Å². The lowest BCUT2D eigenvalue weighted by Crippen LogP contribution is -2.26. The number of fused-ring (bicyclic) bond motifs is 5. The first kappa shape index (κ1) is 29.7. The molecule has 2 nitrogen and oxygen atoms in total. The summed E-state index contributed by atoms with van der Waals surface area (Å²) < 4.78 is 0. The second kappa shape index (κ2) is 12.3. The van der Waals surface area contributed by atoms with Gasteiger partial charge in [0.25, 0.3) is 0 Å². The predicted octanol–water partition coefficient (Wildman–Crippen LogP) is 13.2. The summed E-state index contributed by atoms with van der Waals surface area (Å²) in [5, 5.41) is 13.8. The molecule has 0 amide bonds. The van der Waals surface area contributed by atoms with Gasteiger partial charge in [-0.3, -0.25) is 0 Å². The van der Waals surface area contributed by atoms with Crippen LogP contribution in [0.3, 0.4) is 0 Å². The number of hydrogen-bond donors (Lipinski definition) is 1. The second-order valence-electron chi connectivity index (χ2n) is 13.0. The maximum Gasteiger partial charge on any atom is 0.130 e. The molecule has 1 heterocycles. The van der Waals surface area contributed by atoms with Crippen molar-refractivity contribution in [2.75, 3.05) is 10.2 Å². The molecule has 50 heavy (non-hydrogen) atoms. The van der Waals surface area contributed by atoms with Crippen molar-refractivity contribution >= 4 is 54.5 Å². The molecular weight excluding hydrogens is 605 g/mol. The molecule has 2 heteroatoms. The first-order valence-corrected chi connectivity index (χ1v) is 17.3. The van der Waals surface area contributed by atoms with Crippen LogP contribution in [0.15, 0.2) is 188 Å². The highest BCUT2D eigenvalue weighted by molar-refractivity contribution is 6.22. The Balaban J connectivity index is 1.35. The zero-order valence-electron chi connectivity index (χ0n) is 28.0. The zero-order valence-corrected chi connectivity index (χ0v) is 28.0. The highest BCUT2D eigenvalue weighted by atomic mass is 15.3. The van der Waals surface area contributed by atoms with Gasteiger partial charge in [0.15, 0.2) is 0 Å². The second-order valence-corrected chi connectivity index (χ2v) is 13.0. The molecular formula is C48H36N2. The third kappa shape index (κ3) is 4.88. The third-order valence-electron chi connectivity index (χ3n) is 10.1. The van der Waals surface area contributed by atoms with Crippen LogP contribution < -0.4 is 10.2 Å². The van der Waals surface area contributed by atoms with Crippen LogP contribution in [-0.4, -0.2) is 0 Å². The van der Waals surface area contributed by atoms with Crippen molar-refractivity contribution in [3.63, 3.8) is 0 Å². The first-order chi connectivity index (χ1) is 24.7. The Labute approximate surface area is 292 Å². The Morgan fingerprint density at radius 3 is 1.78 bits per heavy atom. The van der Waals surface area contributed by atoms with E-state index in [-0.39, 0.29) is 6.17 Å². The van der Waals surface area contributed by atoms with Crippen LogP contribution in [0.5, 0.6) is 0 Å². The molecule has 8 aromatic carbocycles. The van der Waals surface area contributed by atoms with Gasteiger partial charge >= 0.3 is 0 Å². The van der Waals surface area contributed by atoms with E-state index >= 15 is 0 Å². The minimum absolute atomic E-state index is 0.119. The van der Waals surface area contributed by atoms with Crippen LogP contribution in [0.1, 0.15) is 18.7 Å². The Hall–Kier alpha value is -6.38. The standard InChI is InChI=1S/C48H36N2/c1-3-5-18-39(4-2)50-45-22-13-12-21-44(45)49-48(50)38-27-28-42-43(31-38)47(37-26-24-33-15-7-9-17-35(33)30-37)41-20-11-10-19-40(41)46(42)36-25-23-32-14-6-8-16-34(32)29-36/h3-31,48-49H,2H2,1H3/b5-3-,39-18+. The number of benzene rings is 8. The van der Waals surface area contributed by atoms with Crippen molar-refractivity contribution in [2.45, 2.75) is 13.1 Å². The van der Waals surface area contributed by atoms with Gasteiger partial charge in [-0.25, -0.2) is 0 Å². The molecule has 1 aliphatic rings. The van der Waals surface area contributed by atoms with Gasteiger partial charge in [-0.1, -0.05) is 140 Å². The summed E-state index contributed by atoms with van der Waals surface area (Å²) in [7, 11) is 0. The Morgan fingerprint density at radius 1 is 0.580 bits per heavy atom. The van der Waals surface area contributed by atoms with E-state index in [1.165, 1.54) is 70.9 Å². The summed E-state index contributed by atoms with van der Waals surface area (Å²) in [6.45, 7) is 6.26. The topological polar surface area (TPSA) is 15.3 Å². The van der Waals surface area contributed by atoms with Crippen LogP contribution >= 0.6 is 0 Å². The van der Waals surface area contributed by atoms with Crippen LogP contribution in [0.2, 0.25) is 0 Å². The maximum atomic E-state index is 4.22. The normalized spacial score (nSPS) is 14.5. The summed E-state index contributed by atoms with van der Waals surface area (Å²) >= 11 is 0. The predicted molar refractivity (Wildman–Crippen MR) is 216 cm³/mol. The van der Waals surface area contributed by atoms with E-state index in [1.54, 1.807) is 0 Å². The fourth-order valence-corrected chi connectivity index (χ4v) is 7.80. The van der Waals surface area contributed by atoms with Gasteiger partial charge in [-0.2, -0.15) is 0 Å². The van der Waals surface area contributed by atoms with Gasteiger partial charge in [0.2, 0.25) is 0 Å². The lowest BCUT2D eigenvalue weighted by Gasteiger charge is -2.29. The fraction of sp³-hybridized carbons (Fsp3) is 0.0417. The van der Waals surface area contributed by atoms with E-state index in [0.717, 1.165) is 17.1 Å². The lowest BCUT2D eigenvalue weighted by molar-refractivity contribution is 0.803. The zero-order chi connectivity index (χ0) is 33.6. The molecule has 0 fully saturated rings. The van der Waals surface area contributed by atoms with Gasteiger partial charge in [0, 0.05) is 5.70 Å². The first-order valence-electron chi connectivity index (χ1n) is 17.3. The van der Waals surface area contributed by atoms with E-state index in [4.69, 9.17) is 0 Å².